The molecule has 0 amide bonds. The molecule has 102 valence electrons. The van der Waals surface area contributed by atoms with Gasteiger partial charge in [-0.15, -0.1) is 0 Å². The molecule has 0 aliphatic carbocycles. The van der Waals surface area contributed by atoms with Crippen LogP contribution in [0.4, 0.5) is 10.8 Å². The molecule has 4 nitrogen and oxygen atoms in total. The third-order valence-electron chi connectivity index (χ3n) is 2.90. The summed E-state index contributed by atoms with van der Waals surface area (Å²) in [5, 5.41) is 4.26. The van der Waals surface area contributed by atoms with Gasteiger partial charge < -0.3 is 15.8 Å². The maximum absolute atomic E-state index is 5.77. The Hall–Kier alpha value is -1.75. The molecule has 0 spiro atoms. The van der Waals surface area contributed by atoms with Crippen LogP contribution in [-0.4, -0.2) is 17.5 Å². The number of aromatic nitrogens is 1. The number of ether oxygens (including phenoxy) is 1. The molecule has 0 bridgehead atoms. The van der Waals surface area contributed by atoms with Gasteiger partial charge in [0, 0.05) is 6.54 Å². The second kappa shape index (κ2) is 6.43. The van der Waals surface area contributed by atoms with Gasteiger partial charge in [0.05, 0.1) is 6.61 Å². The van der Waals surface area contributed by atoms with Crippen LogP contribution in [0.15, 0.2) is 24.3 Å². The summed E-state index contributed by atoms with van der Waals surface area (Å²) in [6.07, 6.45) is 0.968. The molecule has 0 saturated heterocycles. The molecule has 3 N–H and O–H groups in total. The fraction of sp³-hybridized carbons (Fsp3) is 0.357. The zero-order valence-corrected chi connectivity index (χ0v) is 12.1. The number of hydrogen-bond acceptors (Lipinski definition) is 5. The fourth-order valence-corrected chi connectivity index (χ4v) is 2.58. The summed E-state index contributed by atoms with van der Waals surface area (Å²) in [7, 11) is 0. The van der Waals surface area contributed by atoms with Gasteiger partial charge in [-0.2, -0.15) is 4.37 Å². The predicted molar refractivity (Wildman–Crippen MR) is 81.1 cm³/mol. The van der Waals surface area contributed by atoms with Crippen molar-refractivity contribution in [3.05, 3.63) is 35.4 Å². The Morgan fingerprint density at radius 2 is 2.16 bits per heavy atom. The van der Waals surface area contributed by atoms with Gasteiger partial charge in [0.25, 0.3) is 0 Å². The first-order valence-corrected chi connectivity index (χ1v) is 7.16. The minimum Gasteiger partial charge on any atom is -0.487 e. The lowest BCUT2D eigenvalue weighted by molar-refractivity contribution is 0.344. The molecule has 0 radical (unpaired) electrons. The Labute approximate surface area is 117 Å². The number of nitrogen functional groups attached to an aromatic ring is 1. The number of nitrogens with two attached hydrogens (primary N) is 1. The smallest absolute Gasteiger partial charge is 0.197 e. The van der Waals surface area contributed by atoms with Crippen molar-refractivity contribution in [1.82, 2.24) is 4.37 Å². The highest BCUT2D eigenvalue weighted by Crippen LogP contribution is 2.34. The molecule has 2 rings (SSSR count). The zero-order chi connectivity index (χ0) is 13.7. The van der Waals surface area contributed by atoms with Gasteiger partial charge in [-0.05, 0) is 42.9 Å². The van der Waals surface area contributed by atoms with Crippen molar-refractivity contribution < 1.29 is 4.74 Å². The lowest BCUT2D eigenvalue weighted by Crippen LogP contribution is -2.06. The number of nitrogens with one attached hydrogen (secondary N) is 1. The number of rotatable bonds is 6. The molecule has 1 aromatic carbocycles. The number of hydrogen-bond donors (Lipinski definition) is 2. The quantitative estimate of drug-likeness (QED) is 0.852. The van der Waals surface area contributed by atoms with Crippen LogP contribution in [0.2, 0.25) is 0 Å². The third-order valence-corrected chi connectivity index (χ3v) is 3.70. The van der Waals surface area contributed by atoms with E-state index in [1.54, 1.807) is 0 Å². The summed E-state index contributed by atoms with van der Waals surface area (Å²) < 4.78 is 9.61. The van der Waals surface area contributed by atoms with E-state index in [1.165, 1.54) is 22.7 Å². The van der Waals surface area contributed by atoms with Crippen molar-refractivity contribution in [3.8, 4) is 5.75 Å². The van der Waals surface area contributed by atoms with Crippen LogP contribution in [0.25, 0.3) is 0 Å². The van der Waals surface area contributed by atoms with E-state index >= 15 is 0 Å². The molecule has 2 aromatic rings. The van der Waals surface area contributed by atoms with Gasteiger partial charge in [-0.1, -0.05) is 24.3 Å². The maximum atomic E-state index is 5.77. The standard InChI is InChI=1S/C14H19N3OS/c1-3-18-12-13(15)17-19-14(12)16-9-8-11-7-5-4-6-10(11)2/h4-7,16H,3,8-9H2,1-2H3,(H2,15,17). The zero-order valence-electron chi connectivity index (χ0n) is 11.3. The van der Waals surface area contributed by atoms with E-state index in [2.05, 4.69) is 40.9 Å². The molecule has 0 saturated carbocycles. The monoisotopic (exact) mass is 277 g/mol. The highest BCUT2D eigenvalue weighted by atomic mass is 32.1. The summed E-state index contributed by atoms with van der Waals surface area (Å²) in [4.78, 5) is 0. The molecule has 0 aliphatic heterocycles. The highest BCUT2D eigenvalue weighted by molar-refractivity contribution is 7.11. The van der Waals surface area contributed by atoms with Gasteiger partial charge in [0.1, 0.15) is 0 Å². The normalized spacial score (nSPS) is 10.4. The average molecular weight is 277 g/mol. The Bertz CT molecular complexity index is 539. The molecule has 5 heteroatoms. The van der Waals surface area contributed by atoms with Crippen LogP contribution in [0.5, 0.6) is 5.75 Å². The molecule has 0 unspecified atom stereocenters. The van der Waals surface area contributed by atoms with Gasteiger partial charge in [0.15, 0.2) is 16.6 Å². The first-order chi connectivity index (χ1) is 9.22. The largest absolute Gasteiger partial charge is 0.487 e. The Morgan fingerprint density at radius 1 is 1.37 bits per heavy atom. The number of aryl methyl sites for hydroxylation is 1. The van der Waals surface area contributed by atoms with Gasteiger partial charge in [-0.25, -0.2) is 0 Å². The summed E-state index contributed by atoms with van der Waals surface area (Å²) in [5.74, 6) is 1.14. The average Bonchev–Trinajstić information content (AvgIpc) is 2.74. The van der Waals surface area contributed by atoms with Crippen molar-refractivity contribution in [2.45, 2.75) is 20.3 Å². The van der Waals surface area contributed by atoms with Crippen LogP contribution in [0, 0.1) is 6.92 Å². The molecular weight excluding hydrogens is 258 g/mol. The summed E-state index contributed by atoms with van der Waals surface area (Å²) in [6, 6.07) is 8.41. The molecule has 1 aromatic heterocycles. The first-order valence-electron chi connectivity index (χ1n) is 6.38. The van der Waals surface area contributed by atoms with Crippen LogP contribution in [-0.2, 0) is 6.42 Å². The molecular formula is C14H19N3OS. The van der Waals surface area contributed by atoms with Crippen molar-refractivity contribution in [2.75, 3.05) is 24.2 Å². The van der Waals surface area contributed by atoms with Crippen molar-refractivity contribution >= 4 is 22.4 Å². The van der Waals surface area contributed by atoms with E-state index < -0.39 is 0 Å². The SMILES string of the molecule is CCOc1c(N)nsc1NCCc1ccccc1C. The second-order valence-corrected chi connectivity index (χ2v) is 5.04. The maximum Gasteiger partial charge on any atom is 0.197 e. The molecule has 0 fully saturated rings. The summed E-state index contributed by atoms with van der Waals surface area (Å²) in [6.45, 7) is 5.50. The lowest BCUT2D eigenvalue weighted by Gasteiger charge is -2.08. The minimum atomic E-state index is 0.463. The van der Waals surface area contributed by atoms with Gasteiger partial charge in [0.2, 0.25) is 0 Å². The third kappa shape index (κ3) is 3.38. The minimum absolute atomic E-state index is 0.463. The molecule has 19 heavy (non-hydrogen) atoms. The van der Waals surface area contributed by atoms with Crippen LogP contribution in [0.1, 0.15) is 18.1 Å². The van der Waals surface area contributed by atoms with Crippen molar-refractivity contribution in [3.63, 3.8) is 0 Å². The summed E-state index contributed by atoms with van der Waals surface area (Å²) in [5.41, 5.74) is 8.44. The van der Waals surface area contributed by atoms with Crippen LogP contribution in [0.3, 0.4) is 0 Å². The molecule has 0 aliphatic rings. The van der Waals surface area contributed by atoms with Crippen LogP contribution < -0.4 is 15.8 Å². The number of nitrogens with zero attached hydrogens (tertiary/aromatic N) is 1. The number of benzene rings is 1. The van der Waals surface area contributed by atoms with E-state index in [0.717, 1.165) is 18.0 Å². The van der Waals surface area contributed by atoms with Gasteiger partial charge >= 0.3 is 0 Å². The van der Waals surface area contributed by atoms with Crippen molar-refractivity contribution in [1.29, 1.82) is 0 Å². The van der Waals surface area contributed by atoms with Crippen molar-refractivity contribution in [2.24, 2.45) is 0 Å². The molecule has 0 atom stereocenters. The van der Waals surface area contributed by atoms with E-state index in [-0.39, 0.29) is 0 Å². The van der Waals surface area contributed by atoms with E-state index in [1.807, 2.05) is 6.92 Å². The Morgan fingerprint density at radius 3 is 2.89 bits per heavy atom. The first kappa shape index (κ1) is 13.7. The van der Waals surface area contributed by atoms with Crippen LogP contribution >= 0.6 is 11.5 Å². The molecule has 1 heterocycles. The summed E-state index contributed by atoms with van der Waals surface area (Å²) >= 11 is 1.34. The Balaban J connectivity index is 1.94. The van der Waals surface area contributed by atoms with E-state index in [9.17, 15) is 0 Å². The van der Waals surface area contributed by atoms with Gasteiger partial charge in [-0.3, -0.25) is 0 Å². The lowest BCUT2D eigenvalue weighted by atomic mass is 10.1. The predicted octanol–water partition coefficient (Wildman–Crippen LogP) is 3.09. The second-order valence-electron chi connectivity index (χ2n) is 4.26. The highest BCUT2D eigenvalue weighted by Gasteiger charge is 2.11. The topological polar surface area (TPSA) is 60.2 Å². The Kier molecular flexibility index (Phi) is 4.63. The fourth-order valence-electron chi connectivity index (χ4n) is 1.89. The number of anilines is 2. The van der Waals surface area contributed by atoms with E-state index in [0.29, 0.717) is 18.2 Å². The van der Waals surface area contributed by atoms with E-state index in [4.69, 9.17) is 10.5 Å².